The predicted octanol–water partition coefficient (Wildman–Crippen LogP) is 4.55. The summed E-state index contributed by atoms with van der Waals surface area (Å²) < 4.78 is 7.34. The first-order valence-electron chi connectivity index (χ1n) is 11.2. The summed E-state index contributed by atoms with van der Waals surface area (Å²) in [6.45, 7) is 3.95. The van der Waals surface area contributed by atoms with Crippen molar-refractivity contribution in [1.82, 2.24) is 19.3 Å². The fraction of sp³-hybridized carbons (Fsp3) is 0.308. The molecule has 1 aromatic heterocycles. The molecule has 4 rings (SSSR count). The van der Waals surface area contributed by atoms with E-state index in [-0.39, 0.29) is 11.9 Å². The number of piperazine rings is 1. The number of carbonyl (C=O) groups is 2. The molecule has 0 spiro atoms. The number of benzene rings is 2. The normalized spacial score (nSPS) is 13.7. The van der Waals surface area contributed by atoms with E-state index in [0.29, 0.717) is 36.8 Å². The molecule has 2 aromatic carbocycles. The molecule has 8 heteroatoms. The van der Waals surface area contributed by atoms with E-state index < -0.39 is 0 Å². The Morgan fingerprint density at radius 2 is 1.56 bits per heavy atom. The molecule has 0 aliphatic carbocycles. The summed E-state index contributed by atoms with van der Waals surface area (Å²) >= 11 is 6.57. The second-order valence-corrected chi connectivity index (χ2v) is 8.91. The van der Waals surface area contributed by atoms with Gasteiger partial charge in [-0.05, 0) is 55.0 Å². The van der Waals surface area contributed by atoms with Crippen molar-refractivity contribution in [3.63, 3.8) is 0 Å². The third-order valence-electron chi connectivity index (χ3n) is 6.18. The molecule has 0 bridgehead atoms. The maximum Gasteiger partial charge on any atom is 0.319 e. The molecule has 7 nitrogen and oxygen atoms in total. The summed E-state index contributed by atoms with van der Waals surface area (Å²) in [6, 6.07) is 17.3. The van der Waals surface area contributed by atoms with Crippen LogP contribution in [0.25, 0.3) is 16.9 Å². The van der Waals surface area contributed by atoms with Crippen molar-refractivity contribution in [2.75, 3.05) is 47.4 Å². The third-order valence-corrected chi connectivity index (χ3v) is 6.50. The molecule has 1 aliphatic rings. The van der Waals surface area contributed by atoms with Gasteiger partial charge in [0.05, 0.1) is 29.1 Å². The van der Waals surface area contributed by atoms with Crippen molar-refractivity contribution >= 4 is 23.5 Å². The Morgan fingerprint density at radius 3 is 2.15 bits per heavy atom. The summed E-state index contributed by atoms with van der Waals surface area (Å²) in [5.41, 5.74) is 4.07. The van der Waals surface area contributed by atoms with E-state index in [1.807, 2.05) is 71.0 Å². The Bertz CT molecular complexity index is 1200. The summed E-state index contributed by atoms with van der Waals surface area (Å²) in [6.07, 6.45) is 0. The standard InChI is InChI=1S/C26H29ClN4O3/c1-18-21(25(32)29-13-15-30(16-14-29)26(33)28(2)3)17-24(19-9-11-20(34-4)12-10-19)31(18)23-8-6-5-7-22(23)27/h5-12,17H,13-16H2,1-4H3. The smallest absolute Gasteiger partial charge is 0.319 e. The minimum atomic E-state index is -0.0463. The van der Waals surface area contributed by atoms with E-state index in [1.54, 1.807) is 31.0 Å². The highest BCUT2D eigenvalue weighted by Crippen LogP contribution is 2.34. The number of aromatic nitrogens is 1. The van der Waals surface area contributed by atoms with Gasteiger partial charge in [-0.1, -0.05) is 23.7 Å². The number of para-hydroxylation sites is 1. The SMILES string of the molecule is COc1ccc(-c2cc(C(=O)N3CCN(C(=O)N(C)C)CC3)c(C)n2-c2ccccc2Cl)cc1. The van der Waals surface area contributed by atoms with Crippen LogP contribution in [-0.2, 0) is 0 Å². The van der Waals surface area contributed by atoms with Gasteiger partial charge in [-0.2, -0.15) is 0 Å². The second kappa shape index (κ2) is 9.81. The molecule has 3 amide bonds. The first-order valence-corrected chi connectivity index (χ1v) is 11.6. The Kier molecular flexibility index (Phi) is 6.84. The van der Waals surface area contributed by atoms with E-state index in [9.17, 15) is 9.59 Å². The molecule has 0 radical (unpaired) electrons. The van der Waals surface area contributed by atoms with Crippen molar-refractivity contribution in [1.29, 1.82) is 0 Å². The lowest BCUT2D eigenvalue weighted by molar-refractivity contribution is 0.0649. The number of ether oxygens (including phenoxy) is 1. The van der Waals surface area contributed by atoms with Gasteiger partial charge in [0.15, 0.2) is 0 Å². The number of nitrogens with zero attached hydrogens (tertiary/aromatic N) is 4. The van der Waals surface area contributed by atoms with Crippen LogP contribution in [0.5, 0.6) is 5.75 Å². The van der Waals surface area contributed by atoms with Crippen molar-refractivity contribution in [2.45, 2.75) is 6.92 Å². The molecule has 1 fully saturated rings. The highest BCUT2D eigenvalue weighted by molar-refractivity contribution is 6.32. The monoisotopic (exact) mass is 480 g/mol. The Labute approximate surface area is 205 Å². The number of halogens is 1. The molecule has 1 saturated heterocycles. The van der Waals surface area contributed by atoms with Gasteiger partial charge in [0.1, 0.15) is 5.75 Å². The quantitative estimate of drug-likeness (QED) is 0.550. The first-order chi connectivity index (χ1) is 16.3. The van der Waals surface area contributed by atoms with E-state index in [4.69, 9.17) is 16.3 Å². The second-order valence-electron chi connectivity index (χ2n) is 8.50. The van der Waals surface area contributed by atoms with Gasteiger partial charge in [0.2, 0.25) is 0 Å². The lowest BCUT2D eigenvalue weighted by Gasteiger charge is -2.36. The van der Waals surface area contributed by atoms with E-state index in [0.717, 1.165) is 28.4 Å². The van der Waals surface area contributed by atoms with Gasteiger partial charge in [-0.15, -0.1) is 0 Å². The Morgan fingerprint density at radius 1 is 0.941 bits per heavy atom. The summed E-state index contributed by atoms with van der Waals surface area (Å²) in [5, 5.41) is 0.603. The zero-order valence-corrected chi connectivity index (χ0v) is 20.7. The van der Waals surface area contributed by atoms with Gasteiger partial charge in [-0.25, -0.2) is 4.79 Å². The lowest BCUT2D eigenvalue weighted by atomic mass is 10.1. The molecule has 34 heavy (non-hydrogen) atoms. The van der Waals surface area contributed by atoms with Gasteiger partial charge in [0.25, 0.3) is 5.91 Å². The summed E-state index contributed by atoms with van der Waals surface area (Å²) in [7, 11) is 5.11. The van der Waals surface area contributed by atoms with Crippen LogP contribution < -0.4 is 4.74 Å². The maximum absolute atomic E-state index is 13.6. The zero-order chi connectivity index (χ0) is 24.4. The van der Waals surface area contributed by atoms with Crippen molar-refractivity contribution in [3.8, 4) is 22.7 Å². The van der Waals surface area contributed by atoms with Crippen molar-refractivity contribution in [3.05, 3.63) is 70.9 Å². The summed E-state index contributed by atoms with van der Waals surface area (Å²) in [4.78, 5) is 31.0. The number of urea groups is 1. The number of carbonyl (C=O) groups excluding carboxylic acids is 2. The Balaban J connectivity index is 1.70. The molecular formula is C26H29ClN4O3. The van der Waals surface area contributed by atoms with E-state index in [1.165, 1.54) is 0 Å². The Hall–Kier alpha value is -3.45. The molecule has 3 aromatic rings. The van der Waals surface area contributed by atoms with E-state index in [2.05, 4.69) is 0 Å². The zero-order valence-electron chi connectivity index (χ0n) is 19.9. The van der Waals surface area contributed by atoms with Gasteiger partial charge in [-0.3, -0.25) is 4.79 Å². The van der Waals surface area contributed by atoms with Crippen LogP contribution in [0, 0.1) is 6.92 Å². The largest absolute Gasteiger partial charge is 0.497 e. The summed E-state index contributed by atoms with van der Waals surface area (Å²) in [5.74, 6) is 0.716. The highest BCUT2D eigenvalue weighted by Gasteiger charge is 2.28. The van der Waals surface area contributed by atoms with Crippen LogP contribution in [0.3, 0.4) is 0 Å². The molecule has 2 heterocycles. The van der Waals surface area contributed by atoms with Crippen molar-refractivity contribution < 1.29 is 14.3 Å². The molecule has 0 unspecified atom stereocenters. The average molecular weight is 481 g/mol. The number of hydrogen-bond acceptors (Lipinski definition) is 3. The molecule has 1 aliphatic heterocycles. The number of methoxy groups -OCH3 is 1. The number of amides is 3. The van der Waals surface area contributed by atoms with Gasteiger partial charge in [0, 0.05) is 46.0 Å². The molecular weight excluding hydrogens is 452 g/mol. The topological polar surface area (TPSA) is 58.0 Å². The average Bonchev–Trinajstić information content (AvgIpc) is 3.20. The van der Waals surface area contributed by atoms with Gasteiger partial charge < -0.3 is 24.0 Å². The van der Waals surface area contributed by atoms with Crippen LogP contribution >= 0.6 is 11.6 Å². The molecule has 0 N–H and O–H groups in total. The number of hydrogen-bond donors (Lipinski definition) is 0. The fourth-order valence-corrected chi connectivity index (χ4v) is 4.52. The maximum atomic E-state index is 13.6. The minimum Gasteiger partial charge on any atom is -0.497 e. The van der Waals surface area contributed by atoms with Crippen LogP contribution in [-0.4, -0.2) is 78.6 Å². The van der Waals surface area contributed by atoms with E-state index >= 15 is 0 Å². The molecule has 178 valence electrons. The molecule has 0 saturated carbocycles. The third kappa shape index (κ3) is 4.48. The fourth-order valence-electron chi connectivity index (χ4n) is 4.30. The lowest BCUT2D eigenvalue weighted by Crippen LogP contribution is -2.52. The van der Waals surface area contributed by atoms with Crippen LogP contribution in [0.2, 0.25) is 5.02 Å². The first kappa shape index (κ1) is 23.7. The molecule has 0 atom stereocenters. The number of rotatable bonds is 4. The van der Waals surface area contributed by atoms with Gasteiger partial charge >= 0.3 is 6.03 Å². The van der Waals surface area contributed by atoms with Crippen LogP contribution in [0.15, 0.2) is 54.6 Å². The van der Waals surface area contributed by atoms with Crippen molar-refractivity contribution in [2.24, 2.45) is 0 Å². The van der Waals surface area contributed by atoms with Crippen LogP contribution in [0.4, 0.5) is 4.79 Å². The minimum absolute atomic E-state index is 0.0325. The van der Waals surface area contributed by atoms with Crippen LogP contribution in [0.1, 0.15) is 16.1 Å². The highest BCUT2D eigenvalue weighted by atomic mass is 35.5. The predicted molar refractivity (Wildman–Crippen MR) is 134 cm³/mol.